The fourth-order valence-electron chi connectivity index (χ4n) is 6.43. The second-order valence-corrected chi connectivity index (χ2v) is 10.3. The molecule has 1 aromatic heterocycles. The first-order chi connectivity index (χ1) is 17.4. The van der Waals surface area contributed by atoms with E-state index in [9.17, 15) is 15.2 Å². The van der Waals surface area contributed by atoms with Gasteiger partial charge < -0.3 is 20.6 Å². The van der Waals surface area contributed by atoms with Crippen LogP contribution in [0.25, 0.3) is 5.57 Å². The summed E-state index contributed by atoms with van der Waals surface area (Å²) in [7, 11) is 0. The molecule has 36 heavy (non-hydrogen) atoms. The van der Waals surface area contributed by atoms with Gasteiger partial charge in [0.25, 0.3) is 0 Å². The number of nitrogens with zero attached hydrogens (tertiary/aromatic N) is 4. The lowest BCUT2D eigenvalue weighted by Crippen LogP contribution is -2.47. The number of nitrogens with one attached hydrogen (secondary N) is 2. The minimum Gasteiger partial charge on any atom is -0.465 e. The minimum absolute atomic E-state index is 0.0144. The van der Waals surface area contributed by atoms with Crippen molar-refractivity contribution in [1.82, 2.24) is 14.8 Å². The number of aliphatic imine (C=N–C) groups is 1. The first-order valence-electron chi connectivity index (χ1n) is 12.8. The van der Waals surface area contributed by atoms with Crippen LogP contribution in [-0.2, 0) is 9.53 Å². The molecule has 2 fully saturated rings. The maximum absolute atomic E-state index is 11.9. The number of β-amino-alcohol motifs (C(OH)–C–C–N with tert-alkyl or cyclic N) is 1. The van der Waals surface area contributed by atoms with Gasteiger partial charge >= 0.3 is 5.97 Å². The molecular weight excluding hydrogens is 456 g/mol. The fourth-order valence-corrected chi connectivity index (χ4v) is 6.43. The average Bonchev–Trinajstić information content (AvgIpc) is 3.49. The number of allylic oxidation sites excluding steroid dienone is 2. The number of aliphatic hydroxyl groups excluding tert-OH is 1. The summed E-state index contributed by atoms with van der Waals surface area (Å²) in [6, 6.07) is 4.04. The highest BCUT2D eigenvalue weighted by molar-refractivity contribution is 5.96. The maximum Gasteiger partial charge on any atom is 0.309 e. The van der Waals surface area contributed by atoms with Crippen molar-refractivity contribution < 1.29 is 14.6 Å². The highest BCUT2D eigenvalue weighted by Gasteiger charge is 2.47. The zero-order valence-corrected chi connectivity index (χ0v) is 20.9. The molecule has 5 atom stereocenters. The van der Waals surface area contributed by atoms with Crippen LogP contribution in [0.1, 0.15) is 44.4 Å². The Kier molecular flexibility index (Phi) is 6.82. The van der Waals surface area contributed by atoms with Crippen LogP contribution in [-0.4, -0.2) is 71.6 Å². The summed E-state index contributed by atoms with van der Waals surface area (Å²) < 4.78 is 7.13. The lowest BCUT2D eigenvalue weighted by atomic mass is 9.66. The van der Waals surface area contributed by atoms with E-state index in [4.69, 9.17) is 15.1 Å². The van der Waals surface area contributed by atoms with Gasteiger partial charge in [0.05, 0.1) is 42.5 Å². The Morgan fingerprint density at radius 2 is 2.31 bits per heavy atom. The molecule has 4 heterocycles. The second-order valence-electron chi connectivity index (χ2n) is 10.3. The molecule has 9 heteroatoms. The van der Waals surface area contributed by atoms with Gasteiger partial charge in [-0.25, -0.2) is 4.99 Å². The van der Waals surface area contributed by atoms with Crippen molar-refractivity contribution in [2.45, 2.75) is 39.2 Å². The van der Waals surface area contributed by atoms with E-state index in [0.29, 0.717) is 36.9 Å². The molecule has 5 rings (SSSR count). The van der Waals surface area contributed by atoms with Crippen LogP contribution in [0.2, 0.25) is 0 Å². The number of aliphatic hydroxyl groups is 1. The number of carbonyl (C=O) groups is 1. The minimum atomic E-state index is -0.427. The molecule has 1 aromatic rings. The van der Waals surface area contributed by atoms with E-state index in [1.165, 1.54) is 11.8 Å². The number of rotatable bonds is 5. The number of esters is 1. The monoisotopic (exact) mass is 490 g/mol. The summed E-state index contributed by atoms with van der Waals surface area (Å²) in [6.07, 6.45) is 6.94. The van der Waals surface area contributed by atoms with Gasteiger partial charge in [0.1, 0.15) is 0 Å². The van der Waals surface area contributed by atoms with Crippen LogP contribution >= 0.6 is 0 Å². The number of nitriles is 1. The lowest BCUT2D eigenvalue weighted by molar-refractivity contribution is -0.142. The topological polar surface area (TPSA) is 127 Å². The van der Waals surface area contributed by atoms with Gasteiger partial charge in [-0.2, -0.15) is 5.26 Å². The Labute approximate surface area is 211 Å². The highest BCUT2D eigenvalue weighted by atomic mass is 16.5. The van der Waals surface area contributed by atoms with Crippen molar-refractivity contribution in [3.8, 4) is 6.07 Å². The molecule has 190 valence electrons. The molecule has 1 saturated carbocycles. The summed E-state index contributed by atoms with van der Waals surface area (Å²) in [5, 5.41) is 31.9. The molecule has 0 aromatic carbocycles. The molecule has 1 aliphatic carbocycles. The number of fused-ring (bicyclic) bond motifs is 1. The van der Waals surface area contributed by atoms with Crippen LogP contribution < -0.4 is 5.32 Å². The Morgan fingerprint density at radius 3 is 3.06 bits per heavy atom. The van der Waals surface area contributed by atoms with E-state index < -0.39 is 6.10 Å². The molecule has 0 radical (unpaired) electrons. The fraction of sp³-hybridized carbons (Fsp3) is 0.556. The zero-order chi connectivity index (χ0) is 25.4. The average molecular weight is 491 g/mol. The lowest BCUT2D eigenvalue weighted by Gasteiger charge is -2.41. The van der Waals surface area contributed by atoms with Crippen molar-refractivity contribution >= 4 is 23.7 Å². The van der Waals surface area contributed by atoms with Crippen molar-refractivity contribution in [3.05, 3.63) is 40.9 Å². The van der Waals surface area contributed by atoms with Crippen molar-refractivity contribution in [1.29, 1.82) is 10.7 Å². The van der Waals surface area contributed by atoms with E-state index in [1.54, 1.807) is 6.08 Å². The highest BCUT2D eigenvalue weighted by Crippen LogP contribution is 2.44. The third-order valence-corrected chi connectivity index (χ3v) is 8.53. The molecule has 5 unspecified atom stereocenters. The van der Waals surface area contributed by atoms with Gasteiger partial charge in [0.15, 0.2) is 0 Å². The third-order valence-electron chi connectivity index (χ3n) is 8.53. The Hall–Kier alpha value is -3.22. The maximum atomic E-state index is 11.9. The van der Waals surface area contributed by atoms with Gasteiger partial charge in [0.2, 0.25) is 5.96 Å². The van der Waals surface area contributed by atoms with E-state index >= 15 is 0 Å². The van der Waals surface area contributed by atoms with E-state index in [0.717, 1.165) is 43.6 Å². The molecule has 4 aliphatic rings. The summed E-state index contributed by atoms with van der Waals surface area (Å²) in [6.45, 7) is 7.26. The predicted molar refractivity (Wildman–Crippen MR) is 136 cm³/mol. The van der Waals surface area contributed by atoms with Crippen molar-refractivity contribution in [2.75, 3.05) is 32.8 Å². The number of carbonyl (C=O) groups excluding carboxylic acids is 1. The number of aromatic nitrogens is 1. The number of ether oxygens (including phenoxy) is 1. The normalized spacial score (nSPS) is 29.4. The molecule has 0 amide bonds. The van der Waals surface area contributed by atoms with Crippen LogP contribution in [0.5, 0.6) is 0 Å². The second kappa shape index (κ2) is 10.0. The SMILES string of the molecule is C/C=C(/C#N)c1ccn(C2=NCC3=C(CCN(CC(O)C4CCC5C(=O)OCC5C4C)C3)N2)c1C=N. The van der Waals surface area contributed by atoms with Crippen LogP contribution in [0.4, 0.5) is 0 Å². The molecule has 3 N–H and O–H groups in total. The molecule has 3 aliphatic heterocycles. The quantitative estimate of drug-likeness (QED) is 0.330. The summed E-state index contributed by atoms with van der Waals surface area (Å²) >= 11 is 0. The summed E-state index contributed by atoms with van der Waals surface area (Å²) in [5.74, 6) is 1.31. The molecule has 9 nitrogen and oxygen atoms in total. The molecule has 1 saturated heterocycles. The first kappa shape index (κ1) is 24.5. The van der Waals surface area contributed by atoms with Gasteiger partial charge in [-0.05, 0) is 43.2 Å². The van der Waals surface area contributed by atoms with Crippen LogP contribution in [0.15, 0.2) is 34.6 Å². The van der Waals surface area contributed by atoms with E-state index in [-0.39, 0.29) is 29.6 Å². The molecule has 0 spiro atoms. The summed E-state index contributed by atoms with van der Waals surface area (Å²) in [5.41, 5.74) is 4.25. The number of hydrogen-bond donors (Lipinski definition) is 3. The van der Waals surface area contributed by atoms with Crippen LogP contribution in [0.3, 0.4) is 0 Å². The standard InChI is InChI=1S/C27H34N6O3/c1-3-17(10-28)20-6-9-33(24(20)11-29)27-30-12-18-13-32(8-7-23(18)31-27)14-25(34)19-4-5-21-22(16(19)2)15-36-26(21)35/h3,6,9,11,16,19,21-22,25,29,34H,4-5,7-8,12-15H2,1-2H3,(H,30,31)/b17-3-,29-11?. The third kappa shape index (κ3) is 4.29. The first-order valence-corrected chi connectivity index (χ1v) is 12.8. The van der Waals surface area contributed by atoms with Crippen molar-refractivity contribution in [2.24, 2.45) is 28.7 Å². The Bertz CT molecular complexity index is 1190. The van der Waals surface area contributed by atoms with Gasteiger partial charge in [0, 0.05) is 55.6 Å². The smallest absolute Gasteiger partial charge is 0.309 e. The summed E-state index contributed by atoms with van der Waals surface area (Å²) in [4.78, 5) is 19.0. The molecular formula is C27H34N6O3. The molecule has 0 bridgehead atoms. The van der Waals surface area contributed by atoms with Gasteiger partial charge in [-0.3, -0.25) is 14.3 Å². The zero-order valence-electron chi connectivity index (χ0n) is 20.9. The largest absolute Gasteiger partial charge is 0.465 e. The van der Waals surface area contributed by atoms with Crippen molar-refractivity contribution in [3.63, 3.8) is 0 Å². The van der Waals surface area contributed by atoms with Gasteiger partial charge in [-0.1, -0.05) is 13.0 Å². The number of cyclic esters (lactones) is 1. The van der Waals surface area contributed by atoms with Crippen LogP contribution in [0, 0.1) is 40.4 Å². The number of hydrogen-bond acceptors (Lipinski definition) is 8. The Balaban J connectivity index is 1.22. The predicted octanol–water partition coefficient (Wildman–Crippen LogP) is 2.38. The Morgan fingerprint density at radius 1 is 1.47 bits per heavy atom. The van der Waals surface area contributed by atoms with E-state index in [1.807, 2.05) is 23.8 Å². The van der Waals surface area contributed by atoms with E-state index in [2.05, 4.69) is 23.2 Å². The van der Waals surface area contributed by atoms with Gasteiger partial charge in [-0.15, -0.1) is 0 Å².